The van der Waals surface area contributed by atoms with Crippen molar-refractivity contribution in [1.82, 2.24) is 0 Å². The Morgan fingerprint density at radius 1 is 1.53 bits per heavy atom. The van der Waals surface area contributed by atoms with Crippen LogP contribution in [0.5, 0.6) is 0 Å². The average molecular weight is 262 g/mol. The summed E-state index contributed by atoms with van der Waals surface area (Å²) in [5, 5.41) is 22.2. The van der Waals surface area contributed by atoms with Crippen molar-refractivity contribution in [3.8, 4) is 6.07 Å². The van der Waals surface area contributed by atoms with E-state index in [4.69, 9.17) is 5.26 Å². The van der Waals surface area contributed by atoms with Gasteiger partial charge in [-0.1, -0.05) is 25.8 Å². The molecule has 0 saturated heterocycles. The Bertz CT molecular complexity index is 497. The van der Waals surface area contributed by atoms with Crippen LogP contribution in [-0.4, -0.2) is 17.8 Å². The van der Waals surface area contributed by atoms with Crippen LogP contribution in [0.15, 0.2) is 18.2 Å². The Morgan fingerprint density at radius 3 is 3.00 bits per heavy atom. The summed E-state index contributed by atoms with van der Waals surface area (Å²) in [4.78, 5) is 0. The quantitative estimate of drug-likeness (QED) is 0.880. The Labute approximate surface area is 113 Å². The number of hydrogen-bond acceptors (Lipinski definition) is 3. The molecule has 4 heteroatoms. The molecule has 3 nitrogen and oxygen atoms in total. The van der Waals surface area contributed by atoms with Gasteiger partial charge in [-0.2, -0.15) is 5.26 Å². The molecule has 0 bridgehead atoms. The van der Waals surface area contributed by atoms with Crippen molar-refractivity contribution >= 4 is 5.69 Å². The van der Waals surface area contributed by atoms with Crippen molar-refractivity contribution in [2.45, 2.75) is 38.7 Å². The first-order valence-electron chi connectivity index (χ1n) is 6.67. The van der Waals surface area contributed by atoms with Gasteiger partial charge in [-0.05, 0) is 25.0 Å². The maximum Gasteiger partial charge on any atom is 0.143 e. The number of aliphatic hydroxyl groups excluding tert-OH is 1. The topological polar surface area (TPSA) is 56.0 Å². The minimum Gasteiger partial charge on any atom is -0.392 e. The van der Waals surface area contributed by atoms with E-state index in [-0.39, 0.29) is 17.1 Å². The molecular formula is C15H19FN2O. The van der Waals surface area contributed by atoms with E-state index in [0.717, 1.165) is 25.7 Å². The predicted octanol–water partition coefficient (Wildman–Crippen LogP) is 3.05. The van der Waals surface area contributed by atoms with Gasteiger partial charge in [0.15, 0.2) is 0 Å². The van der Waals surface area contributed by atoms with Crippen LogP contribution >= 0.6 is 0 Å². The maximum absolute atomic E-state index is 13.5. The van der Waals surface area contributed by atoms with Crippen LogP contribution in [0.4, 0.5) is 10.1 Å². The van der Waals surface area contributed by atoms with Crippen LogP contribution in [0.25, 0.3) is 0 Å². The second kappa shape index (κ2) is 5.58. The van der Waals surface area contributed by atoms with Crippen molar-refractivity contribution in [2.75, 3.05) is 11.9 Å². The third-order valence-electron chi connectivity index (χ3n) is 4.09. The predicted molar refractivity (Wildman–Crippen MR) is 72.2 cm³/mol. The summed E-state index contributed by atoms with van der Waals surface area (Å²) in [7, 11) is 0. The summed E-state index contributed by atoms with van der Waals surface area (Å²) in [6.45, 7) is 2.58. The lowest BCUT2D eigenvalue weighted by Crippen LogP contribution is -2.41. The van der Waals surface area contributed by atoms with E-state index in [0.29, 0.717) is 12.2 Å². The first-order valence-corrected chi connectivity index (χ1v) is 6.67. The monoisotopic (exact) mass is 262 g/mol. The zero-order valence-corrected chi connectivity index (χ0v) is 11.1. The molecule has 2 rings (SSSR count). The molecule has 1 fully saturated rings. The fourth-order valence-corrected chi connectivity index (χ4v) is 2.67. The molecule has 1 aliphatic carbocycles. The van der Waals surface area contributed by atoms with E-state index in [2.05, 4.69) is 5.32 Å². The van der Waals surface area contributed by atoms with E-state index in [9.17, 15) is 9.50 Å². The van der Waals surface area contributed by atoms with Gasteiger partial charge in [-0.25, -0.2) is 4.39 Å². The van der Waals surface area contributed by atoms with Crippen LogP contribution in [0, 0.1) is 22.6 Å². The molecule has 2 N–H and O–H groups in total. The van der Waals surface area contributed by atoms with Crippen molar-refractivity contribution in [1.29, 1.82) is 5.26 Å². The standard InChI is InChI=1S/C15H19FN2O/c1-15(8-3-2-7-14(15)19)10-18-13-6-4-5-12(16)11(13)9-17/h4-6,14,18-19H,2-3,7-8,10H2,1H3. The lowest BCUT2D eigenvalue weighted by molar-refractivity contribution is 0.00962. The highest BCUT2D eigenvalue weighted by molar-refractivity contribution is 5.58. The van der Waals surface area contributed by atoms with Gasteiger partial charge in [0, 0.05) is 12.0 Å². The number of benzene rings is 1. The number of nitrogens with zero attached hydrogens (tertiary/aromatic N) is 1. The fourth-order valence-electron chi connectivity index (χ4n) is 2.67. The van der Waals surface area contributed by atoms with Crippen molar-refractivity contribution in [3.05, 3.63) is 29.6 Å². The van der Waals surface area contributed by atoms with E-state index in [1.54, 1.807) is 12.1 Å². The van der Waals surface area contributed by atoms with Crippen molar-refractivity contribution in [3.63, 3.8) is 0 Å². The Morgan fingerprint density at radius 2 is 2.32 bits per heavy atom. The largest absolute Gasteiger partial charge is 0.392 e. The summed E-state index contributed by atoms with van der Waals surface area (Å²) < 4.78 is 13.5. The molecule has 102 valence electrons. The van der Waals surface area contributed by atoms with Gasteiger partial charge < -0.3 is 10.4 Å². The normalized spacial score (nSPS) is 26.7. The molecule has 0 amide bonds. The number of aliphatic hydroxyl groups is 1. The summed E-state index contributed by atoms with van der Waals surface area (Å²) in [6, 6.07) is 6.43. The molecule has 1 aliphatic rings. The molecule has 1 aromatic rings. The SMILES string of the molecule is CC1(CNc2cccc(F)c2C#N)CCCCC1O. The van der Waals surface area contributed by atoms with Gasteiger partial charge in [-0.15, -0.1) is 0 Å². The number of hydrogen-bond donors (Lipinski definition) is 2. The van der Waals surface area contributed by atoms with E-state index < -0.39 is 5.82 Å². The second-order valence-corrected chi connectivity index (χ2v) is 5.54. The van der Waals surface area contributed by atoms with Gasteiger partial charge in [0.25, 0.3) is 0 Å². The Kier molecular flexibility index (Phi) is 4.06. The fraction of sp³-hybridized carbons (Fsp3) is 0.533. The smallest absolute Gasteiger partial charge is 0.143 e. The van der Waals surface area contributed by atoms with Crippen molar-refractivity contribution < 1.29 is 9.50 Å². The van der Waals surface area contributed by atoms with Gasteiger partial charge in [0.2, 0.25) is 0 Å². The molecule has 1 aromatic carbocycles. The molecule has 1 saturated carbocycles. The lowest BCUT2D eigenvalue weighted by Gasteiger charge is -2.38. The van der Waals surface area contributed by atoms with Crippen LogP contribution in [-0.2, 0) is 0 Å². The maximum atomic E-state index is 13.5. The molecule has 2 atom stereocenters. The summed E-state index contributed by atoms with van der Waals surface area (Å²) in [5.41, 5.74) is 0.329. The molecule has 2 unspecified atom stereocenters. The Hall–Kier alpha value is -1.60. The summed E-state index contributed by atoms with van der Waals surface area (Å²) in [6.07, 6.45) is 3.57. The number of nitrogens with one attached hydrogen (secondary N) is 1. The van der Waals surface area contributed by atoms with E-state index in [1.165, 1.54) is 6.07 Å². The number of anilines is 1. The zero-order chi connectivity index (χ0) is 13.9. The van der Waals surface area contributed by atoms with Crippen LogP contribution in [0.3, 0.4) is 0 Å². The molecule has 0 aromatic heterocycles. The van der Waals surface area contributed by atoms with Gasteiger partial charge in [-0.3, -0.25) is 0 Å². The summed E-state index contributed by atoms with van der Waals surface area (Å²) >= 11 is 0. The molecule has 19 heavy (non-hydrogen) atoms. The highest BCUT2D eigenvalue weighted by Crippen LogP contribution is 2.36. The van der Waals surface area contributed by atoms with E-state index in [1.807, 2.05) is 13.0 Å². The van der Waals surface area contributed by atoms with Gasteiger partial charge in [0.05, 0.1) is 11.8 Å². The minimum absolute atomic E-state index is 0.0383. The van der Waals surface area contributed by atoms with Crippen molar-refractivity contribution in [2.24, 2.45) is 5.41 Å². The molecule has 0 aliphatic heterocycles. The molecule has 0 spiro atoms. The first-order chi connectivity index (χ1) is 9.07. The second-order valence-electron chi connectivity index (χ2n) is 5.54. The number of rotatable bonds is 3. The Balaban J connectivity index is 2.11. The number of halogens is 1. The summed E-state index contributed by atoms with van der Waals surface area (Å²) in [5.74, 6) is -0.512. The zero-order valence-electron chi connectivity index (χ0n) is 11.1. The average Bonchev–Trinajstić information content (AvgIpc) is 2.40. The highest BCUT2D eigenvalue weighted by atomic mass is 19.1. The molecular weight excluding hydrogens is 243 g/mol. The third kappa shape index (κ3) is 2.87. The molecule has 0 radical (unpaired) electrons. The van der Waals surface area contributed by atoms with Crippen LogP contribution < -0.4 is 5.32 Å². The minimum atomic E-state index is -0.512. The third-order valence-corrected chi connectivity index (χ3v) is 4.09. The lowest BCUT2D eigenvalue weighted by atomic mass is 9.73. The van der Waals surface area contributed by atoms with E-state index >= 15 is 0 Å². The number of nitriles is 1. The highest BCUT2D eigenvalue weighted by Gasteiger charge is 2.35. The van der Waals surface area contributed by atoms with Crippen LogP contribution in [0.1, 0.15) is 38.2 Å². The van der Waals surface area contributed by atoms with Crippen LogP contribution in [0.2, 0.25) is 0 Å². The first kappa shape index (κ1) is 13.8. The molecule has 0 heterocycles. The van der Waals surface area contributed by atoms with Gasteiger partial charge >= 0.3 is 0 Å². The van der Waals surface area contributed by atoms with Gasteiger partial charge in [0.1, 0.15) is 17.4 Å².